The Hall–Kier alpha value is -3.03. The molecule has 2 atom stereocenters. The molecule has 1 saturated heterocycles. The number of amides is 2. The lowest BCUT2D eigenvalue weighted by atomic mass is 9.91. The van der Waals surface area contributed by atoms with Gasteiger partial charge in [0.2, 0.25) is 0 Å². The minimum Gasteiger partial charge on any atom is -0.449 e. The van der Waals surface area contributed by atoms with E-state index in [-0.39, 0.29) is 13.2 Å². The van der Waals surface area contributed by atoms with Gasteiger partial charge >= 0.3 is 18.2 Å². The average molecular weight is 475 g/mol. The summed E-state index contributed by atoms with van der Waals surface area (Å²) in [5.41, 5.74) is 2.34. The third-order valence-corrected chi connectivity index (χ3v) is 6.80. The molecular weight excluding hydrogens is 445 g/mol. The van der Waals surface area contributed by atoms with E-state index in [2.05, 4.69) is 5.32 Å². The van der Waals surface area contributed by atoms with Crippen LogP contribution in [-0.4, -0.2) is 48.3 Å². The lowest BCUT2D eigenvalue weighted by Crippen LogP contribution is -2.53. The number of halogens is 3. The Morgan fingerprint density at radius 1 is 1.09 bits per heavy atom. The van der Waals surface area contributed by atoms with Crippen LogP contribution in [0.15, 0.2) is 54.6 Å². The molecule has 2 amide bonds. The van der Waals surface area contributed by atoms with Gasteiger partial charge in [0, 0.05) is 12.0 Å². The van der Waals surface area contributed by atoms with Crippen molar-refractivity contribution in [2.24, 2.45) is 5.41 Å². The van der Waals surface area contributed by atoms with Crippen molar-refractivity contribution in [2.45, 2.75) is 57.3 Å². The highest BCUT2D eigenvalue weighted by Gasteiger charge is 2.62. The molecule has 34 heavy (non-hydrogen) atoms. The van der Waals surface area contributed by atoms with Crippen molar-refractivity contribution >= 4 is 12.0 Å². The van der Waals surface area contributed by atoms with Crippen molar-refractivity contribution in [2.75, 3.05) is 13.2 Å². The number of nitrogens with one attached hydrogen (secondary N) is 1. The van der Waals surface area contributed by atoms with E-state index in [4.69, 9.17) is 4.74 Å². The van der Waals surface area contributed by atoms with Crippen LogP contribution in [0, 0.1) is 5.41 Å². The van der Waals surface area contributed by atoms with Crippen molar-refractivity contribution in [3.05, 3.63) is 60.2 Å². The number of likely N-dealkylation sites (tertiary alicyclic amines) is 1. The fraction of sp³-hybridized carbons (Fsp3) is 0.462. The molecule has 1 heterocycles. The molecule has 1 aliphatic carbocycles. The van der Waals surface area contributed by atoms with Gasteiger partial charge < -0.3 is 15.0 Å². The van der Waals surface area contributed by atoms with Crippen LogP contribution >= 0.6 is 0 Å². The largest absolute Gasteiger partial charge is 0.471 e. The standard InChI is InChI=1S/C26H29F3N2O3/c1-2-3-14-34-24(33)31-17-25(12-13-25)22(30-23(32)26(27,28)29)21(31)16-18-8-7-11-20(15-18)19-9-5-4-6-10-19/h4-11,15,21-22H,2-3,12-14,16-17H2,1H3,(H,30,32). The molecule has 1 spiro atoms. The molecule has 4 rings (SSSR count). The number of hydrogen-bond acceptors (Lipinski definition) is 3. The molecule has 1 saturated carbocycles. The molecule has 2 unspecified atom stereocenters. The van der Waals surface area contributed by atoms with Gasteiger partial charge in [0.1, 0.15) is 0 Å². The molecule has 0 radical (unpaired) electrons. The minimum absolute atomic E-state index is 0.259. The maximum absolute atomic E-state index is 13.1. The summed E-state index contributed by atoms with van der Waals surface area (Å²) in [6, 6.07) is 16.1. The number of nitrogens with zero attached hydrogens (tertiary/aromatic N) is 1. The summed E-state index contributed by atoms with van der Waals surface area (Å²) in [6.45, 7) is 2.52. The van der Waals surface area contributed by atoms with E-state index in [1.54, 1.807) is 0 Å². The minimum atomic E-state index is -4.98. The quantitative estimate of drug-likeness (QED) is 0.551. The Kier molecular flexibility index (Phi) is 6.86. The summed E-state index contributed by atoms with van der Waals surface area (Å²) in [4.78, 5) is 26.3. The van der Waals surface area contributed by atoms with E-state index in [1.165, 1.54) is 4.90 Å². The van der Waals surface area contributed by atoms with Crippen molar-refractivity contribution in [3.8, 4) is 11.1 Å². The van der Waals surface area contributed by atoms with E-state index >= 15 is 0 Å². The first-order valence-electron chi connectivity index (χ1n) is 11.7. The Morgan fingerprint density at radius 3 is 2.44 bits per heavy atom. The van der Waals surface area contributed by atoms with E-state index in [0.29, 0.717) is 25.7 Å². The highest BCUT2D eigenvalue weighted by Crippen LogP contribution is 2.55. The first-order chi connectivity index (χ1) is 16.2. The maximum atomic E-state index is 13.1. The van der Waals surface area contributed by atoms with Crippen LogP contribution < -0.4 is 5.32 Å². The Labute approximate surface area is 197 Å². The zero-order chi connectivity index (χ0) is 24.3. The normalized spacial score (nSPS) is 20.9. The third-order valence-electron chi connectivity index (χ3n) is 6.80. The second-order valence-corrected chi connectivity index (χ2v) is 9.24. The predicted octanol–water partition coefficient (Wildman–Crippen LogP) is 5.34. The molecular formula is C26H29F3N2O3. The van der Waals surface area contributed by atoms with E-state index in [0.717, 1.165) is 23.1 Å². The highest BCUT2D eigenvalue weighted by molar-refractivity contribution is 5.82. The van der Waals surface area contributed by atoms with Crippen LogP contribution in [0.1, 0.15) is 38.2 Å². The van der Waals surface area contributed by atoms with E-state index in [9.17, 15) is 22.8 Å². The zero-order valence-electron chi connectivity index (χ0n) is 19.1. The molecule has 2 aliphatic rings. The summed E-state index contributed by atoms with van der Waals surface area (Å²) < 4.78 is 44.8. The van der Waals surface area contributed by atoms with Crippen LogP contribution in [0.3, 0.4) is 0 Å². The van der Waals surface area contributed by atoms with Gasteiger partial charge in [0.25, 0.3) is 0 Å². The summed E-state index contributed by atoms with van der Waals surface area (Å²) in [7, 11) is 0. The van der Waals surface area contributed by atoms with Crippen LogP contribution in [0.5, 0.6) is 0 Å². The second kappa shape index (κ2) is 9.68. The molecule has 5 nitrogen and oxygen atoms in total. The lowest BCUT2D eigenvalue weighted by molar-refractivity contribution is -0.174. The summed E-state index contributed by atoms with van der Waals surface area (Å²) in [5, 5.41) is 2.23. The number of ether oxygens (including phenoxy) is 1. The zero-order valence-corrected chi connectivity index (χ0v) is 19.1. The molecule has 8 heteroatoms. The smallest absolute Gasteiger partial charge is 0.449 e. The van der Waals surface area contributed by atoms with Crippen molar-refractivity contribution in [1.82, 2.24) is 10.2 Å². The molecule has 2 fully saturated rings. The van der Waals surface area contributed by atoms with Crippen LogP contribution in [0.2, 0.25) is 0 Å². The number of unbranched alkanes of at least 4 members (excludes halogenated alkanes) is 1. The van der Waals surface area contributed by atoms with Crippen LogP contribution in [0.4, 0.5) is 18.0 Å². The molecule has 0 bridgehead atoms. The van der Waals surface area contributed by atoms with Gasteiger partial charge in [-0.25, -0.2) is 4.79 Å². The number of rotatable bonds is 7. The first-order valence-corrected chi connectivity index (χ1v) is 11.7. The van der Waals surface area contributed by atoms with Crippen LogP contribution in [-0.2, 0) is 16.0 Å². The fourth-order valence-electron chi connectivity index (χ4n) is 4.81. The summed E-state index contributed by atoms with van der Waals surface area (Å²) in [5.74, 6) is -1.96. The summed E-state index contributed by atoms with van der Waals surface area (Å²) >= 11 is 0. The van der Waals surface area contributed by atoms with Gasteiger partial charge in [-0.1, -0.05) is 67.9 Å². The number of alkyl halides is 3. The molecule has 1 aliphatic heterocycles. The Balaban J connectivity index is 1.61. The fourth-order valence-corrected chi connectivity index (χ4v) is 4.81. The topological polar surface area (TPSA) is 58.6 Å². The Morgan fingerprint density at radius 2 is 1.79 bits per heavy atom. The number of hydrogen-bond donors (Lipinski definition) is 1. The van der Waals surface area contributed by atoms with Crippen LogP contribution in [0.25, 0.3) is 11.1 Å². The molecule has 2 aromatic carbocycles. The van der Waals surface area contributed by atoms with E-state index < -0.39 is 35.7 Å². The number of carbonyl (C=O) groups excluding carboxylic acids is 2. The van der Waals surface area contributed by atoms with Gasteiger partial charge in [0.05, 0.1) is 18.7 Å². The average Bonchev–Trinajstić information content (AvgIpc) is 3.54. The van der Waals surface area contributed by atoms with Gasteiger partial charge in [-0.05, 0) is 42.4 Å². The summed E-state index contributed by atoms with van der Waals surface area (Å²) in [6.07, 6.45) is -2.31. The van der Waals surface area contributed by atoms with Crippen molar-refractivity contribution in [3.63, 3.8) is 0 Å². The SMILES string of the molecule is CCCCOC(=O)N1CC2(CC2)C(NC(=O)C(F)(F)F)C1Cc1cccc(-c2ccccc2)c1. The maximum Gasteiger partial charge on any atom is 0.471 e. The van der Waals surface area contributed by atoms with Gasteiger partial charge in [-0.3, -0.25) is 4.79 Å². The number of carbonyl (C=O) groups is 2. The van der Waals surface area contributed by atoms with E-state index in [1.807, 2.05) is 61.5 Å². The molecule has 1 N–H and O–H groups in total. The third kappa shape index (κ3) is 5.21. The lowest BCUT2D eigenvalue weighted by Gasteiger charge is -2.29. The highest BCUT2D eigenvalue weighted by atomic mass is 19.4. The van der Waals surface area contributed by atoms with Crippen molar-refractivity contribution in [1.29, 1.82) is 0 Å². The first kappa shape index (κ1) is 24.1. The molecule has 2 aromatic rings. The van der Waals surface area contributed by atoms with Gasteiger partial charge in [0.15, 0.2) is 0 Å². The monoisotopic (exact) mass is 474 g/mol. The second-order valence-electron chi connectivity index (χ2n) is 9.24. The molecule has 182 valence electrons. The van der Waals surface area contributed by atoms with Gasteiger partial charge in [-0.2, -0.15) is 13.2 Å². The van der Waals surface area contributed by atoms with Crippen molar-refractivity contribution < 1.29 is 27.5 Å². The van der Waals surface area contributed by atoms with Gasteiger partial charge in [-0.15, -0.1) is 0 Å². The molecule has 0 aromatic heterocycles. The predicted molar refractivity (Wildman–Crippen MR) is 122 cm³/mol. The Bertz CT molecular complexity index is 1020. The number of benzene rings is 2.